The lowest BCUT2D eigenvalue weighted by molar-refractivity contribution is 0.112. The minimum atomic E-state index is 0.489. The quantitative estimate of drug-likeness (QED) is 0.675. The Hall–Kier alpha value is -1.35. The van der Waals surface area contributed by atoms with Crippen molar-refractivity contribution in [1.29, 1.82) is 0 Å². The first-order valence-electron chi connectivity index (χ1n) is 4.22. The second-order valence-electron chi connectivity index (χ2n) is 3.19. The van der Waals surface area contributed by atoms with Gasteiger partial charge in [-0.1, -0.05) is 11.6 Å². The first-order chi connectivity index (χ1) is 6.65. The topological polar surface area (TPSA) is 34.9 Å². The molecule has 0 amide bonds. The third-order valence-electron chi connectivity index (χ3n) is 2.29. The van der Waals surface area contributed by atoms with E-state index in [0.29, 0.717) is 10.6 Å². The molecule has 4 heteroatoms. The van der Waals surface area contributed by atoms with E-state index in [0.717, 1.165) is 22.9 Å². The molecule has 0 aliphatic carbocycles. The fourth-order valence-corrected chi connectivity index (χ4v) is 1.96. The third kappa shape index (κ3) is 1.13. The van der Waals surface area contributed by atoms with Crippen molar-refractivity contribution in [3.05, 3.63) is 28.4 Å². The number of carbonyl (C=O) groups is 1. The molecule has 0 unspecified atom stereocenters. The first kappa shape index (κ1) is 9.21. The molecule has 2 aromatic rings. The van der Waals surface area contributed by atoms with Gasteiger partial charge in [0.25, 0.3) is 0 Å². The molecule has 2 rings (SSSR count). The number of hydrogen-bond acceptors (Lipinski definition) is 2. The Labute approximate surface area is 86.3 Å². The van der Waals surface area contributed by atoms with E-state index >= 15 is 0 Å². The predicted octanol–water partition coefficient (Wildman–Crippen LogP) is 2.35. The lowest BCUT2D eigenvalue weighted by Crippen LogP contribution is -1.89. The molecule has 72 valence electrons. The van der Waals surface area contributed by atoms with Crippen LogP contribution in [-0.4, -0.2) is 16.1 Å². The molecule has 0 fully saturated rings. The summed E-state index contributed by atoms with van der Waals surface area (Å²) in [6, 6.07) is 3.56. The molecule has 1 aromatic heterocycles. The van der Waals surface area contributed by atoms with E-state index in [1.54, 1.807) is 10.7 Å². The minimum absolute atomic E-state index is 0.489. The van der Waals surface area contributed by atoms with Crippen molar-refractivity contribution in [3.8, 4) is 0 Å². The summed E-state index contributed by atoms with van der Waals surface area (Å²) in [5.41, 5.74) is 2.30. The summed E-state index contributed by atoms with van der Waals surface area (Å²) < 4.78 is 1.76. The fraction of sp³-hybridized carbons (Fsp3) is 0.200. The molecule has 14 heavy (non-hydrogen) atoms. The zero-order valence-corrected chi connectivity index (χ0v) is 8.67. The van der Waals surface area contributed by atoms with Crippen molar-refractivity contribution in [2.24, 2.45) is 7.05 Å². The van der Waals surface area contributed by atoms with Crippen LogP contribution in [0, 0.1) is 6.92 Å². The molecule has 0 bridgehead atoms. The standard InChI is InChI=1S/C10H9ClN2O/c1-6-9-8(13(2)12-6)4-3-7(5-14)10(9)11/h3-5H,1-2H3. The van der Waals surface area contributed by atoms with Gasteiger partial charge < -0.3 is 0 Å². The SMILES string of the molecule is Cc1nn(C)c2ccc(C=O)c(Cl)c12. The van der Waals surface area contributed by atoms with Crippen LogP contribution in [0.3, 0.4) is 0 Å². The van der Waals surface area contributed by atoms with Crippen LogP contribution in [0.1, 0.15) is 16.1 Å². The Morgan fingerprint density at radius 2 is 2.21 bits per heavy atom. The van der Waals surface area contributed by atoms with E-state index in [1.165, 1.54) is 0 Å². The minimum Gasteiger partial charge on any atom is -0.298 e. The average molecular weight is 209 g/mol. The molecule has 0 saturated heterocycles. The monoisotopic (exact) mass is 208 g/mol. The smallest absolute Gasteiger partial charge is 0.151 e. The highest BCUT2D eigenvalue weighted by molar-refractivity contribution is 6.38. The molecule has 1 aromatic carbocycles. The van der Waals surface area contributed by atoms with Gasteiger partial charge in [0.1, 0.15) is 0 Å². The number of benzene rings is 1. The highest BCUT2D eigenvalue weighted by Gasteiger charge is 2.11. The number of aryl methyl sites for hydroxylation is 2. The normalized spacial score (nSPS) is 10.8. The Kier molecular flexibility index (Phi) is 2.04. The Morgan fingerprint density at radius 3 is 2.86 bits per heavy atom. The molecule has 0 spiro atoms. The zero-order valence-electron chi connectivity index (χ0n) is 7.91. The van der Waals surface area contributed by atoms with Gasteiger partial charge in [-0.2, -0.15) is 5.10 Å². The number of fused-ring (bicyclic) bond motifs is 1. The molecule has 0 atom stereocenters. The van der Waals surface area contributed by atoms with Gasteiger partial charge in [-0.3, -0.25) is 9.48 Å². The molecular formula is C10H9ClN2O. The molecule has 0 aliphatic rings. The summed E-state index contributed by atoms with van der Waals surface area (Å²) in [4.78, 5) is 10.7. The van der Waals surface area contributed by atoms with Gasteiger partial charge in [0.15, 0.2) is 6.29 Å². The Balaban J connectivity index is 2.94. The van der Waals surface area contributed by atoms with Crippen molar-refractivity contribution >= 4 is 28.8 Å². The highest BCUT2D eigenvalue weighted by atomic mass is 35.5. The van der Waals surface area contributed by atoms with Crippen LogP contribution in [-0.2, 0) is 7.05 Å². The van der Waals surface area contributed by atoms with E-state index < -0.39 is 0 Å². The largest absolute Gasteiger partial charge is 0.298 e. The fourth-order valence-electron chi connectivity index (χ4n) is 1.62. The number of nitrogens with zero attached hydrogens (tertiary/aromatic N) is 2. The number of carbonyl (C=O) groups excluding carboxylic acids is 1. The van der Waals surface area contributed by atoms with Crippen molar-refractivity contribution in [2.75, 3.05) is 0 Å². The van der Waals surface area contributed by atoms with Crippen molar-refractivity contribution in [3.63, 3.8) is 0 Å². The van der Waals surface area contributed by atoms with Crippen molar-refractivity contribution < 1.29 is 4.79 Å². The maximum atomic E-state index is 10.7. The van der Waals surface area contributed by atoms with Gasteiger partial charge in [0.05, 0.1) is 16.2 Å². The van der Waals surface area contributed by atoms with Crippen LogP contribution in [0.4, 0.5) is 0 Å². The maximum Gasteiger partial charge on any atom is 0.151 e. The van der Waals surface area contributed by atoms with Gasteiger partial charge >= 0.3 is 0 Å². The molecule has 1 heterocycles. The van der Waals surface area contributed by atoms with Crippen LogP contribution in [0.2, 0.25) is 5.02 Å². The summed E-state index contributed by atoms with van der Waals surface area (Å²) in [7, 11) is 1.85. The summed E-state index contributed by atoms with van der Waals surface area (Å²) >= 11 is 6.08. The lowest BCUT2D eigenvalue weighted by Gasteiger charge is -1.98. The second kappa shape index (κ2) is 3.10. The van der Waals surface area contributed by atoms with Crippen molar-refractivity contribution in [2.45, 2.75) is 6.92 Å². The molecule has 0 aliphatic heterocycles. The van der Waals surface area contributed by atoms with E-state index in [4.69, 9.17) is 11.6 Å². The first-order valence-corrected chi connectivity index (χ1v) is 4.60. The van der Waals surface area contributed by atoms with E-state index in [1.807, 2.05) is 20.0 Å². The van der Waals surface area contributed by atoms with Gasteiger partial charge in [-0.25, -0.2) is 0 Å². The number of halogens is 1. The van der Waals surface area contributed by atoms with Gasteiger partial charge in [-0.15, -0.1) is 0 Å². The summed E-state index contributed by atoms with van der Waals surface area (Å²) in [5.74, 6) is 0. The molecule has 0 saturated carbocycles. The summed E-state index contributed by atoms with van der Waals surface area (Å²) in [6.07, 6.45) is 0.758. The molecule has 3 nitrogen and oxygen atoms in total. The summed E-state index contributed by atoms with van der Waals surface area (Å²) in [6.45, 7) is 1.88. The number of aromatic nitrogens is 2. The van der Waals surface area contributed by atoms with Gasteiger partial charge in [0, 0.05) is 18.0 Å². The van der Waals surface area contributed by atoms with Crippen LogP contribution in [0.25, 0.3) is 10.9 Å². The zero-order chi connectivity index (χ0) is 10.3. The van der Waals surface area contributed by atoms with Crippen LogP contribution < -0.4 is 0 Å². The van der Waals surface area contributed by atoms with E-state index in [-0.39, 0.29) is 0 Å². The highest BCUT2D eigenvalue weighted by Crippen LogP contribution is 2.28. The number of rotatable bonds is 1. The van der Waals surface area contributed by atoms with Gasteiger partial charge in [-0.05, 0) is 19.1 Å². The molecule has 0 radical (unpaired) electrons. The second-order valence-corrected chi connectivity index (χ2v) is 3.57. The molecule has 0 N–H and O–H groups in total. The predicted molar refractivity (Wildman–Crippen MR) is 55.8 cm³/mol. The lowest BCUT2D eigenvalue weighted by atomic mass is 10.1. The van der Waals surface area contributed by atoms with Crippen LogP contribution >= 0.6 is 11.6 Å². The molecular weight excluding hydrogens is 200 g/mol. The van der Waals surface area contributed by atoms with Gasteiger partial charge in [0.2, 0.25) is 0 Å². The van der Waals surface area contributed by atoms with E-state index in [9.17, 15) is 4.79 Å². The summed E-state index contributed by atoms with van der Waals surface area (Å²) in [5, 5.41) is 5.59. The third-order valence-corrected chi connectivity index (χ3v) is 2.69. The van der Waals surface area contributed by atoms with E-state index in [2.05, 4.69) is 5.10 Å². The van der Waals surface area contributed by atoms with Crippen LogP contribution in [0.15, 0.2) is 12.1 Å². The van der Waals surface area contributed by atoms with Crippen molar-refractivity contribution in [1.82, 2.24) is 9.78 Å². The number of hydrogen-bond donors (Lipinski definition) is 0. The Bertz CT molecular complexity index is 516. The maximum absolute atomic E-state index is 10.7. The average Bonchev–Trinajstić information content (AvgIpc) is 2.44. The Morgan fingerprint density at radius 1 is 1.50 bits per heavy atom. The number of aldehydes is 1. The van der Waals surface area contributed by atoms with Crippen LogP contribution in [0.5, 0.6) is 0 Å².